The van der Waals surface area contributed by atoms with E-state index in [2.05, 4.69) is 47.8 Å². The molecule has 5 N–H and O–H groups in total. The number of aromatic nitrogens is 2. The van der Waals surface area contributed by atoms with Gasteiger partial charge in [-0.15, -0.1) is 0 Å². The molecule has 0 fully saturated rings. The van der Waals surface area contributed by atoms with Gasteiger partial charge in [-0.3, -0.25) is 0 Å². The summed E-state index contributed by atoms with van der Waals surface area (Å²) in [7, 11) is -3.61. The Bertz CT molecular complexity index is 1340. The second kappa shape index (κ2) is 10.7. The second-order valence-electron chi connectivity index (χ2n) is 7.26. The van der Waals surface area contributed by atoms with Crippen LogP contribution in [-0.4, -0.2) is 44.1 Å². The van der Waals surface area contributed by atoms with Crippen molar-refractivity contribution in [1.29, 1.82) is 0 Å². The Labute approximate surface area is 197 Å². The van der Waals surface area contributed by atoms with E-state index in [0.717, 1.165) is 0 Å². The molecule has 0 spiro atoms. The molecular weight excluding hydrogens is 454 g/mol. The van der Waals surface area contributed by atoms with Crippen molar-refractivity contribution >= 4 is 39.2 Å². The van der Waals surface area contributed by atoms with Crippen LogP contribution in [0, 0.1) is 11.8 Å². The number of para-hydroxylation sites is 1. The summed E-state index contributed by atoms with van der Waals surface area (Å²) in [5.41, 5.74) is 1.79. The van der Waals surface area contributed by atoms with Crippen LogP contribution in [0.3, 0.4) is 0 Å². The number of benzene rings is 2. The normalized spacial score (nSPS) is 14.4. The SMILES string of the molecule is O=C(NCC#Cc1cnc2nc1NCCCNS(=O)(=O)c1cccc(c1)N2)Nc1ccccc1. The van der Waals surface area contributed by atoms with E-state index in [1.165, 1.54) is 12.1 Å². The average molecular weight is 478 g/mol. The van der Waals surface area contributed by atoms with Crippen molar-refractivity contribution in [2.45, 2.75) is 11.3 Å². The Kier molecular flexibility index (Phi) is 7.22. The van der Waals surface area contributed by atoms with Gasteiger partial charge in [0.1, 0.15) is 5.82 Å². The summed E-state index contributed by atoms with van der Waals surface area (Å²) in [6.07, 6.45) is 2.12. The van der Waals surface area contributed by atoms with Crippen LogP contribution >= 0.6 is 0 Å². The molecule has 34 heavy (non-hydrogen) atoms. The minimum absolute atomic E-state index is 0.132. The van der Waals surface area contributed by atoms with Gasteiger partial charge in [-0.25, -0.2) is 22.9 Å². The van der Waals surface area contributed by atoms with Crippen molar-refractivity contribution in [1.82, 2.24) is 20.0 Å². The molecule has 174 valence electrons. The summed E-state index contributed by atoms with van der Waals surface area (Å²) in [4.78, 5) is 20.9. The maximum atomic E-state index is 12.5. The Morgan fingerprint density at radius 1 is 1.09 bits per heavy atom. The summed E-state index contributed by atoms with van der Waals surface area (Å²) in [6.45, 7) is 0.877. The lowest BCUT2D eigenvalue weighted by molar-refractivity contribution is 0.253. The fraction of sp³-hybridized carbons (Fsp3) is 0.174. The summed E-state index contributed by atoms with van der Waals surface area (Å²) in [5, 5.41) is 11.6. The van der Waals surface area contributed by atoms with Gasteiger partial charge in [0.2, 0.25) is 16.0 Å². The molecule has 0 atom stereocenters. The third-order valence-corrected chi connectivity index (χ3v) is 6.18. The van der Waals surface area contributed by atoms with Gasteiger partial charge in [-0.05, 0) is 36.8 Å². The molecule has 3 aromatic rings. The number of rotatable bonds is 2. The first-order valence-corrected chi connectivity index (χ1v) is 12.0. The number of fused-ring (bicyclic) bond motifs is 4. The van der Waals surface area contributed by atoms with E-state index in [9.17, 15) is 13.2 Å². The highest BCUT2D eigenvalue weighted by Crippen LogP contribution is 2.20. The van der Waals surface area contributed by atoms with E-state index in [4.69, 9.17) is 0 Å². The monoisotopic (exact) mass is 477 g/mol. The summed E-state index contributed by atoms with van der Waals surface area (Å²) in [5.74, 6) is 6.68. The van der Waals surface area contributed by atoms with Crippen LogP contribution < -0.4 is 26.0 Å². The lowest BCUT2D eigenvalue weighted by Crippen LogP contribution is -2.28. The highest BCUT2D eigenvalue weighted by Gasteiger charge is 2.15. The topological polar surface area (TPSA) is 137 Å². The molecule has 2 aromatic carbocycles. The predicted molar refractivity (Wildman–Crippen MR) is 130 cm³/mol. The fourth-order valence-electron chi connectivity index (χ4n) is 3.08. The van der Waals surface area contributed by atoms with E-state index in [1.54, 1.807) is 30.5 Å². The number of nitrogens with zero attached hydrogens (tertiary/aromatic N) is 2. The van der Waals surface area contributed by atoms with Crippen molar-refractivity contribution in [3.05, 3.63) is 66.4 Å². The van der Waals surface area contributed by atoms with Crippen molar-refractivity contribution in [2.24, 2.45) is 0 Å². The van der Waals surface area contributed by atoms with Crippen LogP contribution in [0.1, 0.15) is 12.0 Å². The van der Waals surface area contributed by atoms with Crippen LogP contribution in [0.15, 0.2) is 65.7 Å². The van der Waals surface area contributed by atoms with E-state index in [0.29, 0.717) is 41.7 Å². The number of urea groups is 1. The van der Waals surface area contributed by atoms with E-state index in [-0.39, 0.29) is 24.0 Å². The minimum atomic E-state index is -3.61. The Morgan fingerprint density at radius 3 is 2.79 bits per heavy atom. The van der Waals surface area contributed by atoms with Gasteiger partial charge in [0, 0.05) is 24.5 Å². The van der Waals surface area contributed by atoms with Crippen LogP contribution in [0.25, 0.3) is 0 Å². The third kappa shape index (κ3) is 6.22. The quantitative estimate of drug-likeness (QED) is 0.358. The third-order valence-electron chi connectivity index (χ3n) is 4.72. The molecule has 0 unspecified atom stereocenters. The molecule has 0 radical (unpaired) electrons. The fourth-order valence-corrected chi connectivity index (χ4v) is 4.20. The lowest BCUT2D eigenvalue weighted by atomic mass is 10.3. The van der Waals surface area contributed by atoms with Crippen molar-refractivity contribution in [3.63, 3.8) is 0 Å². The number of sulfonamides is 1. The summed E-state index contributed by atoms with van der Waals surface area (Å²) < 4.78 is 27.5. The van der Waals surface area contributed by atoms with Crippen molar-refractivity contribution in [3.8, 4) is 11.8 Å². The maximum absolute atomic E-state index is 12.5. The van der Waals surface area contributed by atoms with Gasteiger partial charge >= 0.3 is 6.03 Å². The van der Waals surface area contributed by atoms with Crippen LogP contribution in [0.5, 0.6) is 0 Å². The summed E-state index contributed by atoms with van der Waals surface area (Å²) in [6, 6.07) is 15.2. The van der Waals surface area contributed by atoms with E-state index in [1.807, 2.05) is 18.2 Å². The minimum Gasteiger partial charge on any atom is -0.369 e. The molecule has 2 heterocycles. The number of hydrogen-bond acceptors (Lipinski definition) is 7. The molecule has 2 amide bonds. The predicted octanol–water partition coefficient (Wildman–Crippen LogP) is 2.49. The number of amides is 2. The number of carbonyl (C=O) groups excluding carboxylic acids is 1. The number of anilines is 4. The van der Waals surface area contributed by atoms with E-state index >= 15 is 0 Å². The Morgan fingerprint density at radius 2 is 1.94 bits per heavy atom. The zero-order valence-electron chi connectivity index (χ0n) is 18.1. The number of carbonyl (C=O) groups is 1. The Balaban J connectivity index is 1.46. The lowest BCUT2D eigenvalue weighted by Gasteiger charge is -2.10. The molecule has 4 rings (SSSR count). The average Bonchev–Trinajstić information content (AvgIpc) is 2.83. The molecule has 4 bridgehead atoms. The molecule has 0 saturated heterocycles. The first kappa shape index (κ1) is 23.0. The van der Waals surface area contributed by atoms with Gasteiger partial charge in [-0.1, -0.05) is 36.1 Å². The zero-order chi connectivity index (χ0) is 23.8. The molecule has 0 saturated carbocycles. The summed E-state index contributed by atoms with van der Waals surface area (Å²) >= 11 is 0. The molecule has 0 aliphatic carbocycles. The molecule has 1 aliphatic heterocycles. The largest absolute Gasteiger partial charge is 0.369 e. The smallest absolute Gasteiger partial charge is 0.319 e. The molecular formula is C23H23N7O3S. The number of hydrogen-bond donors (Lipinski definition) is 5. The standard InChI is InChI=1S/C23H23N7O3S/c31-23(29-18-8-2-1-3-9-18)25-12-5-7-17-16-26-22-28-19-10-4-11-20(15-19)34(32,33)27-14-6-13-24-21(17)30-22/h1-4,8-11,15-16,27H,6,12-14H2,(H2,25,29,31)(H2,24,26,28,30). The highest BCUT2D eigenvalue weighted by atomic mass is 32.2. The number of nitrogens with one attached hydrogen (secondary N) is 5. The zero-order valence-corrected chi connectivity index (χ0v) is 18.9. The van der Waals surface area contributed by atoms with Gasteiger partial charge in [0.15, 0.2) is 0 Å². The highest BCUT2D eigenvalue weighted by molar-refractivity contribution is 7.89. The maximum Gasteiger partial charge on any atom is 0.319 e. The van der Waals surface area contributed by atoms with Crippen LogP contribution in [0.2, 0.25) is 0 Å². The van der Waals surface area contributed by atoms with Gasteiger partial charge in [-0.2, -0.15) is 4.98 Å². The first-order valence-electron chi connectivity index (χ1n) is 10.6. The van der Waals surface area contributed by atoms with Gasteiger partial charge < -0.3 is 21.3 Å². The van der Waals surface area contributed by atoms with Crippen molar-refractivity contribution in [2.75, 3.05) is 35.6 Å². The van der Waals surface area contributed by atoms with Gasteiger partial charge in [0.05, 0.1) is 23.2 Å². The molecule has 10 nitrogen and oxygen atoms in total. The van der Waals surface area contributed by atoms with Gasteiger partial charge in [0.25, 0.3) is 0 Å². The van der Waals surface area contributed by atoms with Crippen LogP contribution in [0.4, 0.5) is 27.9 Å². The molecule has 1 aromatic heterocycles. The van der Waals surface area contributed by atoms with Crippen molar-refractivity contribution < 1.29 is 13.2 Å². The van der Waals surface area contributed by atoms with E-state index < -0.39 is 10.0 Å². The Hall–Kier alpha value is -4.14. The molecule has 1 aliphatic rings. The second-order valence-corrected chi connectivity index (χ2v) is 9.03. The molecule has 11 heteroatoms. The first-order chi connectivity index (χ1) is 16.5. The van der Waals surface area contributed by atoms with Crippen LogP contribution in [-0.2, 0) is 10.0 Å².